The molecule has 0 saturated carbocycles. The molecule has 1 amide bonds. The molecule has 2 heterocycles. The van der Waals surface area contributed by atoms with Gasteiger partial charge in [0.05, 0.1) is 22.9 Å². The Hall–Kier alpha value is -1.48. The van der Waals surface area contributed by atoms with Crippen LogP contribution in [0.1, 0.15) is 18.5 Å². The smallest absolute Gasteiger partial charge is 0.241 e. The molecule has 8 nitrogen and oxygen atoms in total. The third kappa shape index (κ3) is 3.51. The van der Waals surface area contributed by atoms with Crippen molar-refractivity contribution < 1.29 is 13.2 Å². The van der Waals surface area contributed by atoms with Crippen LogP contribution in [0.4, 0.5) is 0 Å². The van der Waals surface area contributed by atoms with Crippen molar-refractivity contribution in [2.75, 3.05) is 12.3 Å². The number of sulfone groups is 1. The van der Waals surface area contributed by atoms with Gasteiger partial charge >= 0.3 is 0 Å². The lowest BCUT2D eigenvalue weighted by atomic mass is 10.2. The Morgan fingerprint density at radius 3 is 2.95 bits per heavy atom. The molecule has 0 radical (unpaired) electrons. The number of carbonyl (C=O) groups excluding carboxylic acids is 1. The lowest BCUT2D eigenvalue weighted by molar-refractivity contribution is -0.121. The molecule has 1 aliphatic rings. The van der Waals surface area contributed by atoms with Crippen molar-refractivity contribution in [1.82, 2.24) is 20.3 Å². The van der Waals surface area contributed by atoms with E-state index in [4.69, 9.17) is 5.73 Å². The van der Waals surface area contributed by atoms with E-state index in [1.54, 1.807) is 6.20 Å². The highest BCUT2D eigenvalue weighted by molar-refractivity contribution is 7.92. The van der Waals surface area contributed by atoms with Crippen molar-refractivity contribution in [1.29, 1.82) is 0 Å². The number of nitrogens with one attached hydrogen (secondary N) is 1. The van der Waals surface area contributed by atoms with Gasteiger partial charge in [-0.1, -0.05) is 5.21 Å². The summed E-state index contributed by atoms with van der Waals surface area (Å²) in [7, 11) is -3.02. The molecule has 9 heteroatoms. The molecule has 106 valence electrons. The average molecular weight is 287 g/mol. The fourth-order valence-corrected chi connectivity index (χ4v) is 3.79. The second kappa shape index (κ2) is 5.66. The van der Waals surface area contributed by atoms with Gasteiger partial charge in [0.1, 0.15) is 6.54 Å². The maximum absolute atomic E-state index is 11.7. The number of nitrogens with zero attached hydrogens (tertiary/aromatic N) is 3. The Kier molecular flexibility index (Phi) is 4.15. The van der Waals surface area contributed by atoms with Gasteiger partial charge in [-0.25, -0.2) is 13.1 Å². The van der Waals surface area contributed by atoms with Crippen LogP contribution in [0.5, 0.6) is 0 Å². The predicted octanol–water partition coefficient (Wildman–Crippen LogP) is -1.57. The van der Waals surface area contributed by atoms with E-state index in [0.717, 1.165) is 0 Å². The first-order valence-corrected chi connectivity index (χ1v) is 7.80. The van der Waals surface area contributed by atoms with E-state index in [-0.39, 0.29) is 31.3 Å². The van der Waals surface area contributed by atoms with E-state index >= 15 is 0 Å². The van der Waals surface area contributed by atoms with Crippen molar-refractivity contribution >= 4 is 15.7 Å². The van der Waals surface area contributed by atoms with Gasteiger partial charge in [0, 0.05) is 13.1 Å². The predicted molar refractivity (Wildman–Crippen MR) is 67.7 cm³/mol. The van der Waals surface area contributed by atoms with Crippen LogP contribution in [0, 0.1) is 0 Å². The highest BCUT2D eigenvalue weighted by Gasteiger charge is 2.31. The lowest BCUT2D eigenvalue weighted by Gasteiger charge is -2.10. The Labute approximate surface area is 111 Å². The van der Waals surface area contributed by atoms with E-state index in [0.29, 0.717) is 18.5 Å². The Morgan fingerprint density at radius 1 is 1.58 bits per heavy atom. The molecule has 1 fully saturated rings. The quantitative estimate of drug-likeness (QED) is 0.675. The summed E-state index contributed by atoms with van der Waals surface area (Å²) in [6.07, 6.45) is 2.88. The highest BCUT2D eigenvalue weighted by Crippen LogP contribution is 2.18. The summed E-state index contributed by atoms with van der Waals surface area (Å²) in [5.41, 5.74) is 5.99. The number of amides is 1. The van der Waals surface area contributed by atoms with E-state index < -0.39 is 15.1 Å². The minimum absolute atomic E-state index is 0.0137. The van der Waals surface area contributed by atoms with Crippen LogP contribution in [-0.2, 0) is 27.7 Å². The van der Waals surface area contributed by atoms with E-state index in [2.05, 4.69) is 15.6 Å². The molecular formula is C10H17N5O3S. The van der Waals surface area contributed by atoms with Crippen molar-refractivity contribution in [3.8, 4) is 0 Å². The zero-order chi connectivity index (χ0) is 13.9. The zero-order valence-corrected chi connectivity index (χ0v) is 11.3. The Balaban J connectivity index is 1.82. The van der Waals surface area contributed by atoms with Gasteiger partial charge in [0.25, 0.3) is 0 Å². The molecular weight excluding hydrogens is 270 g/mol. The lowest BCUT2D eigenvalue weighted by Crippen LogP contribution is -2.36. The summed E-state index contributed by atoms with van der Waals surface area (Å²) in [4.78, 5) is 11.7. The largest absolute Gasteiger partial charge is 0.353 e. The number of carbonyl (C=O) groups is 1. The molecule has 1 unspecified atom stereocenters. The van der Waals surface area contributed by atoms with Crippen molar-refractivity contribution in [2.24, 2.45) is 5.73 Å². The summed E-state index contributed by atoms with van der Waals surface area (Å²) >= 11 is 0. The minimum atomic E-state index is -3.02. The first kappa shape index (κ1) is 13.9. The van der Waals surface area contributed by atoms with Gasteiger partial charge in [-0.2, -0.15) is 0 Å². The third-order valence-electron chi connectivity index (χ3n) is 3.09. The molecule has 0 aliphatic carbocycles. The minimum Gasteiger partial charge on any atom is -0.353 e. The average Bonchev–Trinajstić information content (AvgIpc) is 2.93. The van der Waals surface area contributed by atoms with Gasteiger partial charge in [-0.15, -0.1) is 5.10 Å². The SMILES string of the molecule is NCc1cn(CC(=O)NCC2CCCS2(=O)=O)nn1. The number of nitrogens with two attached hydrogens (primary N) is 1. The van der Waals surface area contributed by atoms with Crippen LogP contribution in [0.2, 0.25) is 0 Å². The van der Waals surface area contributed by atoms with Gasteiger partial charge in [0.2, 0.25) is 5.91 Å². The fourth-order valence-electron chi connectivity index (χ4n) is 2.03. The molecule has 0 bridgehead atoms. The second-order valence-corrected chi connectivity index (χ2v) is 6.95. The van der Waals surface area contributed by atoms with Crippen molar-refractivity contribution in [3.05, 3.63) is 11.9 Å². The van der Waals surface area contributed by atoms with Crippen molar-refractivity contribution in [3.63, 3.8) is 0 Å². The zero-order valence-electron chi connectivity index (χ0n) is 10.4. The van der Waals surface area contributed by atoms with Gasteiger partial charge < -0.3 is 11.1 Å². The van der Waals surface area contributed by atoms with Gasteiger partial charge in [0.15, 0.2) is 9.84 Å². The molecule has 2 rings (SSSR count). The standard InChI is InChI=1S/C10H17N5O3S/c11-4-8-6-15(14-13-8)7-10(16)12-5-9-2-1-3-19(9,17)18/h6,9H,1-5,7,11H2,(H,12,16). The van der Waals surface area contributed by atoms with Crippen LogP contribution in [0.25, 0.3) is 0 Å². The molecule has 0 spiro atoms. The van der Waals surface area contributed by atoms with Crippen LogP contribution < -0.4 is 11.1 Å². The molecule has 1 aromatic rings. The molecule has 1 aliphatic heterocycles. The van der Waals surface area contributed by atoms with Crippen LogP contribution in [0.15, 0.2) is 6.20 Å². The van der Waals surface area contributed by atoms with Crippen LogP contribution in [0.3, 0.4) is 0 Å². The van der Waals surface area contributed by atoms with E-state index in [1.165, 1.54) is 4.68 Å². The normalized spacial score (nSPS) is 21.4. The summed E-state index contributed by atoms with van der Waals surface area (Å²) in [5.74, 6) is -0.0632. The Morgan fingerprint density at radius 2 is 2.37 bits per heavy atom. The fraction of sp³-hybridized carbons (Fsp3) is 0.700. The van der Waals surface area contributed by atoms with Crippen molar-refractivity contribution in [2.45, 2.75) is 31.2 Å². The van der Waals surface area contributed by atoms with Gasteiger partial charge in [-0.05, 0) is 12.8 Å². The maximum Gasteiger partial charge on any atom is 0.241 e. The monoisotopic (exact) mass is 287 g/mol. The highest BCUT2D eigenvalue weighted by atomic mass is 32.2. The first-order valence-electron chi connectivity index (χ1n) is 6.08. The number of hydrogen-bond donors (Lipinski definition) is 2. The third-order valence-corrected chi connectivity index (χ3v) is 5.37. The summed E-state index contributed by atoms with van der Waals surface area (Å²) < 4.78 is 24.5. The number of aromatic nitrogens is 3. The first-order chi connectivity index (χ1) is 9.01. The van der Waals surface area contributed by atoms with E-state index in [9.17, 15) is 13.2 Å². The topological polar surface area (TPSA) is 120 Å². The molecule has 1 saturated heterocycles. The van der Waals surface area contributed by atoms with Gasteiger partial charge in [-0.3, -0.25) is 4.79 Å². The second-order valence-electron chi connectivity index (χ2n) is 4.55. The van der Waals surface area contributed by atoms with Crippen LogP contribution in [-0.4, -0.2) is 46.9 Å². The molecule has 1 aromatic heterocycles. The molecule has 3 N–H and O–H groups in total. The summed E-state index contributed by atoms with van der Waals surface area (Å²) in [6.45, 7) is 0.446. The maximum atomic E-state index is 11.7. The van der Waals surface area contributed by atoms with E-state index in [1.807, 2.05) is 0 Å². The summed E-state index contributed by atoms with van der Waals surface area (Å²) in [6, 6.07) is 0. The molecule has 19 heavy (non-hydrogen) atoms. The number of rotatable bonds is 5. The molecule has 1 atom stereocenters. The summed E-state index contributed by atoms with van der Waals surface area (Å²) in [5, 5.41) is 9.67. The van der Waals surface area contributed by atoms with Crippen LogP contribution >= 0.6 is 0 Å². The molecule has 0 aromatic carbocycles. The Bertz CT molecular complexity index is 553. The number of hydrogen-bond acceptors (Lipinski definition) is 6.